The van der Waals surface area contributed by atoms with Crippen LogP contribution in [-0.2, 0) is 11.3 Å². The lowest BCUT2D eigenvalue weighted by molar-refractivity contribution is 0.0696. The lowest BCUT2D eigenvalue weighted by Gasteiger charge is -2.22. The Kier molecular flexibility index (Phi) is 4.65. The third-order valence-electron chi connectivity index (χ3n) is 2.48. The largest absolute Gasteiger partial charge is 0.388 e. The van der Waals surface area contributed by atoms with Gasteiger partial charge < -0.3 is 20.9 Å². The zero-order valence-corrected chi connectivity index (χ0v) is 10.5. The first-order chi connectivity index (χ1) is 7.96. The molecule has 0 fully saturated rings. The number of rotatable bonds is 6. The molecule has 0 amide bonds. The van der Waals surface area contributed by atoms with Crippen molar-refractivity contribution >= 4 is 11.6 Å². The van der Waals surface area contributed by atoms with Crippen LogP contribution < -0.4 is 11.1 Å². The van der Waals surface area contributed by atoms with Gasteiger partial charge in [-0.25, -0.2) is 9.97 Å². The smallest absolute Gasteiger partial charge is 0.158 e. The van der Waals surface area contributed by atoms with Crippen LogP contribution in [0.25, 0.3) is 0 Å². The molecule has 0 radical (unpaired) electrons. The molecule has 6 heteroatoms. The summed E-state index contributed by atoms with van der Waals surface area (Å²) in [6, 6.07) is 1.63. The lowest BCUT2D eigenvalue weighted by Crippen LogP contribution is -2.32. The van der Waals surface area contributed by atoms with Crippen LogP contribution in [0.5, 0.6) is 0 Å². The summed E-state index contributed by atoms with van der Waals surface area (Å²) in [7, 11) is 1.57. The number of ether oxygens (including phenoxy) is 1. The summed E-state index contributed by atoms with van der Waals surface area (Å²) < 4.78 is 4.95. The quantitative estimate of drug-likeness (QED) is 0.680. The molecule has 1 atom stereocenters. The summed E-state index contributed by atoms with van der Waals surface area (Å²) in [5.41, 5.74) is 4.89. The molecule has 1 heterocycles. The molecule has 1 rings (SSSR count). The van der Waals surface area contributed by atoms with Crippen LogP contribution >= 0.6 is 0 Å². The monoisotopic (exact) mass is 240 g/mol. The van der Waals surface area contributed by atoms with Gasteiger partial charge in [-0.1, -0.05) is 6.92 Å². The molecule has 96 valence electrons. The average Bonchev–Trinajstić information content (AvgIpc) is 2.26. The number of hydrogen-bond acceptors (Lipinski definition) is 6. The molecule has 17 heavy (non-hydrogen) atoms. The van der Waals surface area contributed by atoms with Crippen molar-refractivity contribution in [3.05, 3.63) is 11.9 Å². The number of methoxy groups -OCH3 is 1. The van der Waals surface area contributed by atoms with E-state index in [0.29, 0.717) is 37.0 Å². The standard InChI is InChI=1S/C11H20N4O2/c1-4-11(2,16)7-13-9-5-8(12)14-10(15-9)6-17-3/h5,16H,4,6-7H2,1-3H3,(H3,12,13,14,15). The maximum Gasteiger partial charge on any atom is 0.158 e. The van der Waals surface area contributed by atoms with E-state index >= 15 is 0 Å². The second-order valence-corrected chi connectivity index (χ2v) is 4.23. The van der Waals surface area contributed by atoms with E-state index in [1.54, 1.807) is 20.1 Å². The van der Waals surface area contributed by atoms with Gasteiger partial charge >= 0.3 is 0 Å². The SMILES string of the molecule is CCC(C)(O)CNc1cc(N)nc(COC)n1. The molecule has 0 aliphatic carbocycles. The van der Waals surface area contributed by atoms with Gasteiger partial charge in [-0.3, -0.25) is 0 Å². The fourth-order valence-electron chi connectivity index (χ4n) is 1.21. The van der Waals surface area contributed by atoms with Gasteiger partial charge in [-0.05, 0) is 13.3 Å². The first kappa shape index (κ1) is 13.7. The Labute approximate surface area is 101 Å². The zero-order chi connectivity index (χ0) is 12.9. The third kappa shape index (κ3) is 4.54. The van der Waals surface area contributed by atoms with Crippen LogP contribution in [0, 0.1) is 0 Å². The molecule has 0 aliphatic heterocycles. The number of anilines is 2. The number of nitrogens with one attached hydrogen (secondary N) is 1. The van der Waals surface area contributed by atoms with Crippen LogP contribution in [0.4, 0.5) is 11.6 Å². The summed E-state index contributed by atoms with van der Waals surface area (Å²) in [6.45, 7) is 4.41. The Hall–Kier alpha value is -1.40. The van der Waals surface area contributed by atoms with Crippen LogP contribution in [0.1, 0.15) is 26.1 Å². The minimum Gasteiger partial charge on any atom is -0.388 e. The minimum atomic E-state index is -0.763. The number of nitrogens with two attached hydrogens (primary N) is 1. The van der Waals surface area contributed by atoms with E-state index in [9.17, 15) is 5.11 Å². The molecule has 6 nitrogen and oxygen atoms in total. The predicted molar refractivity (Wildman–Crippen MR) is 66.6 cm³/mol. The maximum absolute atomic E-state index is 9.86. The molecule has 1 aromatic heterocycles. The number of nitrogen functional groups attached to an aromatic ring is 1. The topological polar surface area (TPSA) is 93.3 Å². The Bertz CT molecular complexity index is 368. The van der Waals surface area contributed by atoms with Gasteiger partial charge in [0.2, 0.25) is 0 Å². The summed E-state index contributed by atoms with van der Waals surface area (Å²) in [5.74, 6) is 1.50. The van der Waals surface area contributed by atoms with E-state index in [4.69, 9.17) is 10.5 Å². The summed E-state index contributed by atoms with van der Waals surface area (Å²) in [5, 5.41) is 12.9. The Morgan fingerprint density at radius 1 is 1.53 bits per heavy atom. The normalized spacial score (nSPS) is 14.4. The number of hydrogen-bond donors (Lipinski definition) is 3. The van der Waals surface area contributed by atoms with Gasteiger partial charge in [-0.2, -0.15) is 0 Å². The van der Waals surface area contributed by atoms with Gasteiger partial charge in [0.15, 0.2) is 5.82 Å². The highest BCUT2D eigenvalue weighted by molar-refractivity contribution is 5.44. The van der Waals surface area contributed by atoms with E-state index in [-0.39, 0.29) is 0 Å². The van der Waals surface area contributed by atoms with Crippen molar-refractivity contribution < 1.29 is 9.84 Å². The molecule has 0 spiro atoms. The van der Waals surface area contributed by atoms with Crippen molar-refractivity contribution in [2.75, 3.05) is 24.7 Å². The van der Waals surface area contributed by atoms with Crippen molar-refractivity contribution in [1.29, 1.82) is 0 Å². The van der Waals surface area contributed by atoms with Crippen LogP contribution in [0.2, 0.25) is 0 Å². The molecule has 0 aromatic carbocycles. The second kappa shape index (κ2) is 5.79. The van der Waals surface area contributed by atoms with Crippen molar-refractivity contribution in [3.8, 4) is 0 Å². The van der Waals surface area contributed by atoms with Gasteiger partial charge in [0.1, 0.15) is 18.2 Å². The van der Waals surface area contributed by atoms with Gasteiger partial charge in [0, 0.05) is 19.7 Å². The predicted octanol–water partition coefficient (Wildman–Crippen LogP) is 0.778. The Balaban J connectivity index is 2.70. The Morgan fingerprint density at radius 3 is 2.82 bits per heavy atom. The zero-order valence-electron chi connectivity index (χ0n) is 10.5. The van der Waals surface area contributed by atoms with Crippen molar-refractivity contribution in [2.24, 2.45) is 0 Å². The molecule has 0 aliphatic rings. The molecule has 1 aromatic rings. The first-order valence-corrected chi connectivity index (χ1v) is 5.55. The molecule has 4 N–H and O–H groups in total. The average molecular weight is 240 g/mol. The fraction of sp³-hybridized carbons (Fsp3) is 0.636. The molecule has 1 unspecified atom stereocenters. The van der Waals surface area contributed by atoms with E-state index in [0.717, 1.165) is 0 Å². The molecule has 0 saturated heterocycles. The minimum absolute atomic E-state index is 0.309. The van der Waals surface area contributed by atoms with Crippen molar-refractivity contribution in [3.63, 3.8) is 0 Å². The van der Waals surface area contributed by atoms with Crippen molar-refractivity contribution in [2.45, 2.75) is 32.5 Å². The summed E-state index contributed by atoms with van der Waals surface area (Å²) in [6.07, 6.45) is 0.658. The van der Waals surface area contributed by atoms with E-state index in [1.165, 1.54) is 0 Å². The van der Waals surface area contributed by atoms with Gasteiger partial charge in [0.25, 0.3) is 0 Å². The number of aliphatic hydroxyl groups is 1. The van der Waals surface area contributed by atoms with Crippen LogP contribution in [0.3, 0.4) is 0 Å². The summed E-state index contributed by atoms with van der Waals surface area (Å²) >= 11 is 0. The lowest BCUT2D eigenvalue weighted by atomic mass is 10.0. The highest BCUT2D eigenvalue weighted by Crippen LogP contribution is 2.13. The number of nitrogens with zero attached hydrogens (tertiary/aromatic N) is 2. The van der Waals surface area contributed by atoms with Crippen LogP contribution in [0.15, 0.2) is 6.07 Å². The third-order valence-corrected chi connectivity index (χ3v) is 2.48. The maximum atomic E-state index is 9.86. The second-order valence-electron chi connectivity index (χ2n) is 4.23. The number of aromatic nitrogens is 2. The molecular weight excluding hydrogens is 220 g/mol. The van der Waals surface area contributed by atoms with Gasteiger partial charge in [-0.15, -0.1) is 0 Å². The molecule has 0 saturated carbocycles. The van der Waals surface area contributed by atoms with E-state index in [2.05, 4.69) is 15.3 Å². The fourth-order valence-corrected chi connectivity index (χ4v) is 1.21. The Morgan fingerprint density at radius 2 is 2.24 bits per heavy atom. The molecular formula is C11H20N4O2. The van der Waals surface area contributed by atoms with Crippen LogP contribution in [-0.4, -0.2) is 34.3 Å². The first-order valence-electron chi connectivity index (χ1n) is 5.55. The van der Waals surface area contributed by atoms with Gasteiger partial charge in [0.05, 0.1) is 5.60 Å². The highest BCUT2D eigenvalue weighted by Gasteiger charge is 2.17. The van der Waals surface area contributed by atoms with Crippen molar-refractivity contribution in [1.82, 2.24) is 9.97 Å². The highest BCUT2D eigenvalue weighted by atomic mass is 16.5. The molecule has 0 bridgehead atoms. The summed E-state index contributed by atoms with van der Waals surface area (Å²) in [4.78, 5) is 8.25. The van der Waals surface area contributed by atoms with E-state index in [1.807, 2.05) is 6.92 Å². The van der Waals surface area contributed by atoms with E-state index < -0.39 is 5.60 Å².